The number of piperidine rings is 1. The summed E-state index contributed by atoms with van der Waals surface area (Å²) in [5.41, 5.74) is 2.33. The first kappa shape index (κ1) is 17.2. The van der Waals surface area contributed by atoms with Crippen molar-refractivity contribution in [1.29, 1.82) is 0 Å². The van der Waals surface area contributed by atoms with Gasteiger partial charge in [0.2, 0.25) is 5.91 Å². The third-order valence-electron chi connectivity index (χ3n) is 4.69. The van der Waals surface area contributed by atoms with Gasteiger partial charge in [-0.15, -0.1) is 11.8 Å². The molecule has 1 saturated heterocycles. The van der Waals surface area contributed by atoms with Gasteiger partial charge in [0.25, 0.3) is 0 Å². The number of nitrogens with zero attached hydrogens (tertiary/aromatic N) is 3. The van der Waals surface area contributed by atoms with Gasteiger partial charge in [-0.2, -0.15) is 0 Å². The van der Waals surface area contributed by atoms with Crippen molar-refractivity contribution >= 4 is 41.0 Å². The van der Waals surface area contributed by atoms with E-state index in [1.807, 2.05) is 23.1 Å². The van der Waals surface area contributed by atoms with Crippen LogP contribution in [0.1, 0.15) is 30.4 Å². The van der Waals surface area contributed by atoms with E-state index >= 15 is 0 Å². The third kappa shape index (κ3) is 3.52. The number of thioether (sulfide) groups is 2. The average molecular weight is 392 g/mol. The van der Waals surface area contributed by atoms with Crippen molar-refractivity contribution in [3.63, 3.8) is 0 Å². The second kappa shape index (κ2) is 7.17. The lowest BCUT2D eigenvalue weighted by molar-refractivity contribution is -0.129. The Morgan fingerprint density at radius 3 is 2.92 bits per heavy atom. The van der Waals surface area contributed by atoms with Crippen LogP contribution < -0.4 is 0 Å². The topological polar surface area (TPSA) is 46.1 Å². The van der Waals surface area contributed by atoms with Gasteiger partial charge >= 0.3 is 0 Å². The van der Waals surface area contributed by atoms with Crippen molar-refractivity contribution in [2.45, 2.75) is 40.4 Å². The predicted molar refractivity (Wildman–Crippen MR) is 102 cm³/mol. The highest BCUT2D eigenvalue weighted by molar-refractivity contribution is 8.00. The first-order valence-corrected chi connectivity index (χ1v) is 10.5. The van der Waals surface area contributed by atoms with Gasteiger partial charge in [0.15, 0.2) is 5.16 Å². The summed E-state index contributed by atoms with van der Waals surface area (Å²) in [4.78, 5) is 22.9. The number of likely N-dealkylation sites (tertiary alicyclic amines) is 1. The number of carbonyl (C=O) groups is 1. The van der Waals surface area contributed by atoms with Gasteiger partial charge < -0.3 is 4.90 Å². The maximum Gasteiger partial charge on any atom is 0.219 e. The molecule has 0 saturated carbocycles. The molecular weight excluding hydrogens is 374 g/mol. The Balaban J connectivity index is 1.52. The van der Waals surface area contributed by atoms with Crippen molar-refractivity contribution < 1.29 is 4.79 Å². The fourth-order valence-corrected chi connectivity index (χ4v) is 6.15. The summed E-state index contributed by atoms with van der Waals surface area (Å²) in [6.45, 7) is 3.19. The number of hydrogen-bond acceptors (Lipinski definition) is 5. The van der Waals surface area contributed by atoms with Crippen molar-refractivity contribution in [3.8, 4) is 0 Å². The van der Waals surface area contributed by atoms with Gasteiger partial charge in [-0.3, -0.25) is 4.79 Å². The van der Waals surface area contributed by atoms with Crippen LogP contribution in [0.4, 0.5) is 0 Å². The van der Waals surface area contributed by atoms with Crippen molar-refractivity contribution in [2.24, 2.45) is 0 Å². The molecule has 7 heteroatoms. The summed E-state index contributed by atoms with van der Waals surface area (Å²) < 4.78 is 0. The van der Waals surface area contributed by atoms with Gasteiger partial charge in [0.05, 0.1) is 0 Å². The number of rotatable bonds is 3. The standard InChI is InChI=1S/C18H18ClN3OS2/c1-11(23)22-8-7-13-14(9-22)25-17-15(13)16(19)20-18(21-17)24-10-12-5-3-2-4-6-12/h2-6,13-14H,7-10H2,1H3. The Labute approximate surface area is 160 Å². The Morgan fingerprint density at radius 2 is 2.16 bits per heavy atom. The van der Waals surface area contributed by atoms with Crippen LogP contribution in [0.5, 0.6) is 0 Å². The maximum absolute atomic E-state index is 11.7. The minimum atomic E-state index is 0.145. The van der Waals surface area contributed by atoms with E-state index in [1.165, 1.54) is 5.56 Å². The highest BCUT2D eigenvalue weighted by atomic mass is 35.5. The molecule has 0 bridgehead atoms. The zero-order valence-electron chi connectivity index (χ0n) is 13.8. The van der Waals surface area contributed by atoms with E-state index in [0.717, 1.165) is 41.0 Å². The Hall–Kier alpha value is -1.24. The highest BCUT2D eigenvalue weighted by Crippen LogP contribution is 2.50. The first-order valence-electron chi connectivity index (χ1n) is 8.28. The molecule has 130 valence electrons. The molecule has 1 aromatic carbocycles. The number of halogens is 1. The molecule has 2 aromatic rings. The average Bonchev–Trinajstić information content (AvgIpc) is 2.98. The third-order valence-corrected chi connectivity index (χ3v) is 7.21. The largest absolute Gasteiger partial charge is 0.342 e. The number of benzene rings is 1. The van der Waals surface area contributed by atoms with E-state index in [2.05, 4.69) is 17.1 Å². The molecule has 2 aliphatic rings. The second-order valence-corrected chi connectivity index (χ2v) is 8.84. The smallest absolute Gasteiger partial charge is 0.219 e. The van der Waals surface area contributed by atoms with E-state index in [0.29, 0.717) is 16.3 Å². The predicted octanol–water partition coefficient (Wildman–Crippen LogP) is 4.23. The maximum atomic E-state index is 11.7. The normalized spacial score (nSPS) is 21.8. The van der Waals surface area contributed by atoms with E-state index in [9.17, 15) is 4.79 Å². The molecule has 2 unspecified atom stereocenters. The number of aromatic nitrogens is 2. The zero-order chi connectivity index (χ0) is 17.4. The Kier molecular flexibility index (Phi) is 4.93. The summed E-state index contributed by atoms with van der Waals surface area (Å²) in [5, 5.41) is 2.64. The number of fused-ring (bicyclic) bond motifs is 3. The lowest BCUT2D eigenvalue weighted by Gasteiger charge is -2.33. The van der Waals surface area contributed by atoms with Gasteiger partial charge in [-0.25, -0.2) is 9.97 Å². The van der Waals surface area contributed by atoms with Crippen LogP contribution in [-0.4, -0.2) is 39.1 Å². The van der Waals surface area contributed by atoms with E-state index < -0.39 is 0 Å². The zero-order valence-corrected chi connectivity index (χ0v) is 16.2. The number of carbonyl (C=O) groups excluding carboxylic acids is 1. The molecule has 0 aliphatic carbocycles. The summed E-state index contributed by atoms with van der Waals surface area (Å²) >= 11 is 9.87. The molecule has 4 nitrogen and oxygen atoms in total. The van der Waals surface area contributed by atoms with Crippen LogP contribution in [-0.2, 0) is 10.5 Å². The Morgan fingerprint density at radius 1 is 1.36 bits per heavy atom. The molecular formula is C18H18ClN3OS2. The van der Waals surface area contributed by atoms with Crippen molar-refractivity contribution in [3.05, 3.63) is 46.6 Å². The first-order chi connectivity index (χ1) is 12.1. The molecule has 2 aliphatic heterocycles. The summed E-state index contributed by atoms with van der Waals surface area (Å²) in [6.07, 6.45) is 0.934. The van der Waals surface area contributed by atoms with Crippen molar-refractivity contribution in [1.82, 2.24) is 14.9 Å². The summed E-state index contributed by atoms with van der Waals surface area (Å²) in [6, 6.07) is 10.3. The van der Waals surface area contributed by atoms with Crippen LogP contribution in [0.3, 0.4) is 0 Å². The van der Waals surface area contributed by atoms with Gasteiger partial charge in [0.1, 0.15) is 10.2 Å². The molecule has 1 amide bonds. The number of amides is 1. The van der Waals surface area contributed by atoms with E-state index in [1.54, 1.807) is 30.4 Å². The Bertz CT molecular complexity index is 802. The molecule has 0 N–H and O–H groups in total. The molecule has 4 rings (SSSR count). The minimum absolute atomic E-state index is 0.145. The lowest BCUT2D eigenvalue weighted by atomic mass is 9.91. The fraction of sp³-hybridized carbons (Fsp3) is 0.389. The van der Waals surface area contributed by atoms with Crippen LogP contribution in [0.15, 0.2) is 40.5 Å². The molecule has 1 fully saturated rings. The molecule has 3 heterocycles. The highest BCUT2D eigenvalue weighted by Gasteiger charge is 2.41. The van der Waals surface area contributed by atoms with Gasteiger partial charge in [0, 0.05) is 42.5 Å². The van der Waals surface area contributed by atoms with E-state index in [4.69, 9.17) is 16.6 Å². The van der Waals surface area contributed by atoms with Crippen LogP contribution in [0, 0.1) is 0 Å². The SMILES string of the molecule is CC(=O)N1CCC2c3c(Cl)nc(SCc4ccccc4)nc3SC2C1. The summed E-state index contributed by atoms with van der Waals surface area (Å²) in [7, 11) is 0. The second-order valence-electron chi connectivity index (χ2n) is 6.31. The molecule has 0 spiro atoms. The minimum Gasteiger partial charge on any atom is -0.342 e. The monoisotopic (exact) mass is 391 g/mol. The van der Waals surface area contributed by atoms with E-state index in [-0.39, 0.29) is 5.91 Å². The van der Waals surface area contributed by atoms with Crippen LogP contribution in [0.2, 0.25) is 5.15 Å². The van der Waals surface area contributed by atoms with Gasteiger partial charge in [-0.05, 0) is 12.0 Å². The number of hydrogen-bond donors (Lipinski definition) is 0. The van der Waals surface area contributed by atoms with Gasteiger partial charge in [-0.1, -0.05) is 53.7 Å². The van der Waals surface area contributed by atoms with Crippen molar-refractivity contribution in [2.75, 3.05) is 13.1 Å². The molecule has 1 aromatic heterocycles. The fourth-order valence-electron chi connectivity index (χ4n) is 3.39. The van der Waals surface area contributed by atoms with Crippen LogP contribution >= 0.6 is 35.1 Å². The summed E-state index contributed by atoms with van der Waals surface area (Å²) in [5.74, 6) is 1.33. The molecule has 25 heavy (non-hydrogen) atoms. The van der Waals surface area contributed by atoms with Crippen LogP contribution in [0.25, 0.3) is 0 Å². The lowest BCUT2D eigenvalue weighted by Crippen LogP contribution is -2.42. The molecule has 0 radical (unpaired) electrons. The molecule has 2 atom stereocenters. The quantitative estimate of drug-likeness (QED) is 0.445.